The first kappa shape index (κ1) is 15.3. The Balaban J connectivity index is 2.17. The maximum atomic E-state index is 13.4. The fraction of sp³-hybridized carbons (Fsp3) is 0.333. The molecule has 0 aromatic heterocycles. The molecule has 116 valence electrons. The standard InChI is InChI=1S/C18H21NO2S/c1-19-14-13-18(12-11-15-7-5-6-10-17(15)18)22(20,21)16-8-3-2-4-9-16/h2-10,19H,11-14H2,1H3. The van der Waals surface area contributed by atoms with Crippen molar-refractivity contribution in [3.63, 3.8) is 0 Å². The molecule has 1 atom stereocenters. The monoisotopic (exact) mass is 315 g/mol. The van der Waals surface area contributed by atoms with Crippen molar-refractivity contribution in [2.75, 3.05) is 13.6 Å². The van der Waals surface area contributed by atoms with E-state index in [-0.39, 0.29) is 0 Å². The van der Waals surface area contributed by atoms with E-state index in [1.807, 2.05) is 31.3 Å². The summed E-state index contributed by atoms with van der Waals surface area (Å²) in [6.45, 7) is 0.681. The SMILES string of the molecule is CNCCC1(S(=O)(=O)c2ccccc2)CCc2ccccc21. The molecule has 1 N–H and O–H groups in total. The molecule has 0 saturated carbocycles. The minimum atomic E-state index is -3.43. The summed E-state index contributed by atoms with van der Waals surface area (Å²) in [5.41, 5.74) is 2.15. The van der Waals surface area contributed by atoms with Crippen molar-refractivity contribution in [1.29, 1.82) is 0 Å². The molecule has 1 aliphatic rings. The van der Waals surface area contributed by atoms with Crippen LogP contribution in [0.15, 0.2) is 59.5 Å². The van der Waals surface area contributed by atoms with Crippen LogP contribution in [0.2, 0.25) is 0 Å². The predicted molar refractivity (Wildman–Crippen MR) is 88.6 cm³/mol. The maximum Gasteiger partial charge on any atom is 0.188 e. The summed E-state index contributed by atoms with van der Waals surface area (Å²) in [5, 5.41) is 3.11. The lowest BCUT2D eigenvalue weighted by Gasteiger charge is -2.30. The van der Waals surface area contributed by atoms with Gasteiger partial charge in [-0.1, -0.05) is 42.5 Å². The summed E-state index contributed by atoms with van der Waals surface area (Å²) in [7, 11) is -1.56. The topological polar surface area (TPSA) is 46.2 Å². The van der Waals surface area contributed by atoms with Crippen molar-refractivity contribution in [2.45, 2.75) is 28.9 Å². The van der Waals surface area contributed by atoms with Crippen LogP contribution < -0.4 is 5.32 Å². The highest BCUT2D eigenvalue weighted by Crippen LogP contribution is 2.48. The van der Waals surface area contributed by atoms with Crippen molar-refractivity contribution in [2.24, 2.45) is 0 Å². The van der Waals surface area contributed by atoms with Crippen LogP contribution >= 0.6 is 0 Å². The van der Waals surface area contributed by atoms with Gasteiger partial charge in [-0.25, -0.2) is 8.42 Å². The van der Waals surface area contributed by atoms with Crippen molar-refractivity contribution in [1.82, 2.24) is 5.32 Å². The van der Waals surface area contributed by atoms with Gasteiger partial charge in [-0.05, 0) is 56.1 Å². The van der Waals surface area contributed by atoms with E-state index in [2.05, 4.69) is 11.4 Å². The molecule has 2 aromatic rings. The van der Waals surface area contributed by atoms with E-state index in [4.69, 9.17) is 0 Å². The van der Waals surface area contributed by atoms with Gasteiger partial charge in [0.05, 0.1) is 4.90 Å². The molecular weight excluding hydrogens is 294 g/mol. The Kier molecular flexibility index (Phi) is 4.06. The summed E-state index contributed by atoms with van der Waals surface area (Å²) in [6, 6.07) is 16.8. The van der Waals surface area contributed by atoms with E-state index in [1.165, 1.54) is 0 Å². The minimum absolute atomic E-state index is 0.419. The number of sulfone groups is 1. The van der Waals surface area contributed by atoms with Gasteiger partial charge in [0, 0.05) is 0 Å². The third kappa shape index (κ3) is 2.27. The summed E-state index contributed by atoms with van der Waals surface area (Å²) in [5.74, 6) is 0. The summed E-state index contributed by atoms with van der Waals surface area (Å²) >= 11 is 0. The first-order valence-electron chi connectivity index (χ1n) is 7.64. The van der Waals surface area contributed by atoms with E-state index < -0.39 is 14.6 Å². The zero-order valence-electron chi connectivity index (χ0n) is 12.7. The number of fused-ring (bicyclic) bond motifs is 1. The first-order valence-corrected chi connectivity index (χ1v) is 9.13. The average Bonchev–Trinajstić information content (AvgIpc) is 2.94. The number of rotatable bonds is 5. The summed E-state index contributed by atoms with van der Waals surface area (Å²) in [4.78, 5) is 0.419. The van der Waals surface area contributed by atoms with Gasteiger partial charge in [0.1, 0.15) is 4.75 Å². The smallest absolute Gasteiger partial charge is 0.188 e. The molecule has 0 saturated heterocycles. The fourth-order valence-electron chi connectivity index (χ4n) is 3.48. The zero-order valence-corrected chi connectivity index (χ0v) is 13.6. The Morgan fingerprint density at radius 2 is 1.73 bits per heavy atom. The predicted octanol–water partition coefficient (Wildman–Crippen LogP) is 2.91. The van der Waals surface area contributed by atoms with Gasteiger partial charge in [-0.15, -0.1) is 0 Å². The number of benzene rings is 2. The van der Waals surface area contributed by atoms with Gasteiger partial charge < -0.3 is 5.32 Å². The van der Waals surface area contributed by atoms with Crippen LogP contribution in [-0.2, 0) is 21.0 Å². The molecule has 0 amide bonds. The average molecular weight is 315 g/mol. The zero-order chi connectivity index (χ0) is 15.6. The number of hydrogen-bond donors (Lipinski definition) is 1. The van der Waals surface area contributed by atoms with E-state index >= 15 is 0 Å². The van der Waals surface area contributed by atoms with Crippen LogP contribution in [-0.4, -0.2) is 22.0 Å². The van der Waals surface area contributed by atoms with Crippen LogP contribution in [0.3, 0.4) is 0 Å². The molecule has 0 aliphatic heterocycles. The fourth-order valence-corrected chi connectivity index (χ4v) is 5.68. The van der Waals surface area contributed by atoms with E-state index in [0.717, 1.165) is 17.5 Å². The molecule has 2 aromatic carbocycles. The molecule has 3 nitrogen and oxygen atoms in total. The molecule has 4 heteroatoms. The van der Waals surface area contributed by atoms with Gasteiger partial charge in [0.15, 0.2) is 9.84 Å². The molecule has 1 unspecified atom stereocenters. The number of nitrogens with one attached hydrogen (secondary N) is 1. The van der Waals surface area contributed by atoms with E-state index in [9.17, 15) is 8.42 Å². The first-order chi connectivity index (χ1) is 10.6. The van der Waals surface area contributed by atoms with Crippen molar-refractivity contribution in [3.8, 4) is 0 Å². The summed E-state index contributed by atoms with van der Waals surface area (Å²) in [6.07, 6.45) is 2.08. The number of aryl methyl sites for hydroxylation is 1. The van der Waals surface area contributed by atoms with Gasteiger partial charge in [-0.3, -0.25) is 0 Å². The quantitative estimate of drug-likeness (QED) is 0.923. The molecule has 0 radical (unpaired) electrons. The van der Waals surface area contributed by atoms with Gasteiger partial charge in [-0.2, -0.15) is 0 Å². The second kappa shape index (κ2) is 5.86. The van der Waals surface area contributed by atoms with Crippen LogP contribution in [0.5, 0.6) is 0 Å². The number of hydrogen-bond acceptors (Lipinski definition) is 3. The molecule has 0 bridgehead atoms. The third-order valence-corrected chi connectivity index (χ3v) is 7.20. The van der Waals surface area contributed by atoms with E-state index in [1.54, 1.807) is 24.3 Å². The Labute approximate surface area is 132 Å². The van der Waals surface area contributed by atoms with Gasteiger partial charge >= 0.3 is 0 Å². The Morgan fingerprint density at radius 3 is 2.45 bits per heavy atom. The lowest BCUT2D eigenvalue weighted by molar-refractivity contribution is 0.480. The Hall–Kier alpha value is -1.65. The largest absolute Gasteiger partial charge is 0.320 e. The van der Waals surface area contributed by atoms with Crippen molar-refractivity contribution >= 4 is 9.84 Å². The molecule has 0 heterocycles. The molecule has 1 aliphatic carbocycles. The lowest BCUT2D eigenvalue weighted by Crippen LogP contribution is -2.36. The van der Waals surface area contributed by atoms with Crippen LogP contribution in [0.1, 0.15) is 24.0 Å². The molecule has 22 heavy (non-hydrogen) atoms. The van der Waals surface area contributed by atoms with Crippen LogP contribution in [0, 0.1) is 0 Å². The molecule has 3 rings (SSSR count). The second-order valence-electron chi connectivity index (χ2n) is 5.82. The van der Waals surface area contributed by atoms with Crippen LogP contribution in [0.4, 0.5) is 0 Å². The van der Waals surface area contributed by atoms with Crippen molar-refractivity contribution < 1.29 is 8.42 Å². The Bertz CT molecular complexity index is 756. The molecular formula is C18H21NO2S. The highest BCUT2D eigenvalue weighted by molar-refractivity contribution is 7.92. The third-order valence-electron chi connectivity index (χ3n) is 4.65. The minimum Gasteiger partial charge on any atom is -0.320 e. The molecule has 0 spiro atoms. The van der Waals surface area contributed by atoms with E-state index in [0.29, 0.717) is 24.3 Å². The van der Waals surface area contributed by atoms with Gasteiger partial charge in [0.25, 0.3) is 0 Å². The molecule has 0 fully saturated rings. The highest BCUT2D eigenvalue weighted by atomic mass is 32.2. The van der Waals surface area contributed by atoms with Crippen molar-refractivity contribution in [3.05, 3.63) is 65.7 Å². The maximum absolute atomic E-state index is 13.4. The highest BCUT2D eigenvalue weighted by Gasteiger charge is 2.49. The van der Waals surface area contributed by atoms with Crippen LogP contribution in [0.25, 0.3) is 0 Å². The second-order valence-corrected chi connectivity index (χ2v) is 8.08. The normalized spacial score (nSPS) is 20.8. The van der Waals surface area contributed by atoms with Gasteiger partial charge in [0.2, 0.25) is 0 Å². The lowest BCUT2D eigenvalue weighted by atomic mass is 9.96. The Morgan fingerprint density at radius 1 is 1.05 bits per heavy atom. The summed E-state index contributed by atoms with van der Waals surface area (Å²) < 4.78 is 26.0.